The number of ether oxygens (including phenoxy) is 1. The molecule has 19 heavy (non-hydrogen) atoms. The van der Waals surface area contributed by atoms with Crippen LogP contribution >= 0.6 is 0 Å². The van der Waals surface area contributed by atoms with E-state index in [2.05, 4.69) is 10.6 Å². The second-order valence-corrected chi connectivity index (χ2v) is 4.87. The largest absolute Gasteiger partial charge is 0.384 e. The maximum absolute atomic E-state index is 12.0. The van der Waals surface area contributed by atoms with Crippen LogP contribution in [0.15, 0.2) is 18.2 Å². The fourth-order valence-corrected chi connectivity index (χ4v) is 2.07. The topological polar surface area (TPSA) is 67.4 Å². The minimum absolute atomic E-state index is 0.0266. The van der Waals surface area contributed by atoms with Crippen molar-refractivity contribution in [3.8, 4) is 0 Å². The highest BCUT2D eigenvalue weighted by Gasteiger charge is 2.19. The molecule has 0 saturated heterocycles. The van der Waals surface area contributed by atoms with Gasteiger partial charge in [-0.25, -0.2) is 0 Å². The molecule has 0 fully saturated rings. The standard InChI is InChI=1S/C14H18N2O3/c1-9(8-19-2)7-15-14(18)11-4-3-10-6-13(17)16-12(10)5-11/h3-5,9H,6-8H2,1-2H3,(H,15,18)(H,16,17). The Morgan fingerprint density at radius 2 is 2.32 bits per heavy atom. The van der Waals surface area contributed by atoms with Gasteiger partial charge in [0.2, 0.25) is 5.91 Å². The number of benzene rings is 1. The third-order valence-electron chi connectivity index (χ3n) is 3.06. The second-order valence-electron chi connectivity index (χ2n) is 4.87. The predicted molar refractivity (Wildman–Crippen MR) is 72.1 cm³/mol. The quantitative estimate of drug-likeness (QED) is 0.837. The summed E-state index contributed by atoms with van der Waals surface area (Å²) in [5.74, 6) is 0.108. The molecule has 5 nitrogen and oxygen atoms in total. The lowest BCUT2D eigenvalue weighted by Gasteiger charge is -2.12. The molecule has 1 aliphatic heterocycles. The SMILES string of the molecule is COCC(C)CNC(=O)c1ccc2c(c1)NC(=O)C2. The molecule has 0 spiro atoms. The lowest BCUT2D eigenvalue weighted by atomic mass is 10.1. The molecular formula is C14H18N2O3. The summed E-state index contributed by atoms with van der Waals surface area (Å²) in [6.45, 7) is 3.18. The minimum atomic E-state index is -0.132. The van der Waals surface area contributed by atoms with Gasteiger partial charge in [0.05, 0.1) is 13.0 Å². The first kappa shape index (κ1) is 13.5. The van der Waals surface area contributed by atoms with Gasteiger partial charge in [-0.2, -0.15) is 0 Å². The number of amides is 2. The van der Waals surface area contributed by atoms with E-state index in [4.69, 9.17) is 4.74 Å². The van der Waals surface area contributed by atoms with Gasteiger partial charge in [0, 0.05) is 24.9 Å². The molecular weight excluding hydrogens is 244 g/mol. The number of carbonyl (C=O) groups excluding carboxylic acids is 2. The summed E-state index contributed by atoms with van der Waals surface area (Å²) >= 11 is 0. The van der Waals surface area contributed by atoms with Crippen LogP contribution in [-0.4, -0.2) is 32.1 Å². The number of fused-ring (bicyclic) bond motifs is 1. The highest BCUT2D eigenvalue weighted by Crippen LogP contribution is 2.23. The zero-order valence-electron chi connectivity index (χ0n) is 11.2. The maximum atomic E-state index is 12.0. The monoisotopic (exact) mass is 262 g/mol. The normalized spacial score (nSPS) is 14.7. The van der Waals surface area contributed by atoms with Crippen molar-refractivity contribution in [3.63, 3.8) is 0 Å². The van der Waals surface area contributed by atoms with E-state index in [1.54, 1.807) is 19.2 Å². The molecule has 1 aromatic carbocycles. The molecule has 0 radical (unpaired) electrons. The van der Waals surface area contributed by atoms with Gasteiger partial charge in [-0.3, -0.25) is 9.59 Å². The molecule has 0 aromatic heterocycles. The first-order valence-electron chi connectivity index (χ1n) is 6.30. The average molecular weight is 262 g/mol. The molecule has 2 N–H and O–H groups in total. The summed E-state index contributed by atoms with van der Waals surface area (Å²) in [5.41, 5.74) is 2.24. The molecule has 2 rings (SSSR count). The summed E-state index contributed by atoms with van der Waals surface area (Å²) in [5, 5.41) is 5.59. The zero-order chi connectivity index (χ0) is 13.8. The molecule has 0 bridgehead atoms. The van der Waals surface area contributed by atoms with Gasteiger partial charge in [0.1, 0.15) is 0 Å². The summed E-state index contributed by atoms with van der Waals surface area (Å²) in [6.07, 6.45) is 0.391. The van der Waals surface area contributed by atoms with Crippen molar-refractivity contribution < 1.29 is 14.3 Å². The van der Waals surface area contributed by atoms with E-state index >= 15 is 0 Å². The summed E-state index contributed by atoms with van der Waals surface area (Å²) < 4.78 is 5.02. The van der Waals surface area contributed by atoms with Crippen LogP contribution in [0, 0.1) is 5.92 Å². The van der Waals surface area contributed by atoms with Gasteiger partial charge < -0.3 is 15.4 Å². The molecule has 5 heteroatoms. The van der Waals surface area contributed by atoms with E-state index in [1.807, 2.05) is 13.0 Å². The van der Waals surface area contributed by atoms with Gasteiger partial charge in [-0.1, -0.05) is 13.0 Å². The number of methoxy groups -OCH3 is 1. The Balaban J connectivity index is 1.97. The number of nitrogens with one attached hydrogen (secondary N) is 2. The van der Waals surface area contributed by atoms with Crippen LogP contribution in [0.3, 0.4) is 0 Å². The third kappa shape index (κ3) is 3.32. The second kappa shape index (κ2) is 5.84. The summed E-state index contributed by atoms with van der Waals surface area (Å²) in [7, 11) is 1.64. The van der Waals surface area contributed by atoms with Gasteiger partial charge in [0.15, 0.2) is 0 Å². The van der Waals surface area contributed by atoms with E-state index in [0.29, 0.717) is 25.1 Å². The lowest BCUT2D eigenvalue weighted by Crippen LogP contribution is -2.29. The third-order valence-corrected chi connectivity index (χ3v) is 3.06. The van der Waals surface area contributed by atoms with Gasteiger partial charge in [-0.05, 0) is 23.6 Å². The maximum Gasteiger partial charge on any atom is 0.251 e. The van der Waals surface area contributed by atoms with Crippen molar-refractivity contribution in [2.45, 2.75) is 13.3 Å². The first-order valence-corrected chi connectivity index (χ1v) is 6.30. The molecule has 102 valence electrons. The zero-order valence-corrected chi connectivity index (χ0v) is 11.2. The van der Waals surface area contributed by atoms with Gasteiger partial charge in [-0.15, -0.1) is 0 Å². The number of rotatable bonds is 5. The van der Waals surface area contributed by atoms with Crippen molar-refractivity contribution in [2.24, 2.45) is 5.92 Å². The fourth-order valence-electron chi connectivity index (χ4n) is 2.07. The molecule has 0 saturated carbocycles. The minimum Gasteiger partial charge on any atom is -0.384 e. The van der Waals surface area contributed by atoms with E-state index in [0.717, 1.165) is 11.3 Å². The van der Waals surface area contributed by atoms with Crippen LogP contribution in [0.4, 0.5) is 5.69 Å². The van der Waals surface area contributed by atoms with Crippen molar-refractivity contribution in [2.75, 3.05) is 25.6 Å². The number of hydrogen-bond acceptors (Lipinski definition) is 3. The molecule has 1 aromatic rings. The Hall–Kier alpha value is -1.88. The van der Waals surface area contributed by atoms with Crippen LogP contribution in [0.5, 0.6) is 0 Å². The van der Waals surface area contributed by atoms with Crippen LogP contribution in [0.25, 0.3) is 0 Å². The Labute approximate surface area is 112 Å². The Bertz CT molecular complexity index is 499. The number of anilines is 1. The molecule has 1 aliphatic rings. The highest BCUT2D eigenvalue weighted by atomic mass is 16.5. The Kier molecular flexibility index (Phi) is 4.16. The molecule has 0 aliphatic carbocycles. The van der Waals surface area contributed by atoms with E-state index in [1.165, 1.54) is 0 Å². The predicted octanol–water partition coefficient (Wildman–Crippen LogP) is 1.19. The van der Waals surface area contributed by atoms with Crippen molar-refractivity contribution in [3.05, 3.63) is 29.3 Å². The van der Waals surface area contributed by atoms with Crippen molar-refractivity contribution >= 4 is 17.5 Å². The van der Waals surface area contributed by atoms with E-state index < -0.39 is 0 Å². The number of carbonyl (C=O) groups is 2. The molecule has 1 atom stereocenters. The van der Waals surface area contributed by atoms with Crippen molar-refractivity contribution in [1.82, 2.24) is 5.32 Å². The lowest BCUT2D eigenvalue weighted by molar-refractivity contribution is -0.115. The molecule has 1 heterocycles. The first-order chi connectivity index (χ1) is 9.10. The van der Waals surface area contributed by atoms with Crippen LogP contribution < -0.4 is 10.6 Å². The van der Waals surface area contributed by atoms with Gasteiger partial charge in [0.25, 0.3) is 5.91 Å². The van der Waals surface area contributed by atoms with Crippen LogP contribution in [0.2, 0.25) is 0 Å². The molecule has 1 unspecified atom stereocenters. The van der Waals surface area contributed by atoms with E-state index in [9.17, 15) is 9.59 Å². The smallest absolute Gasteiger partial charge is 0.251 e. The summed E-state index contributed by atoms with van der Waals surface area (Å²) in [4.78, 5) is 23.2. The van der Waals surface area contributed by atoms with Gasteiger partial charge >= 0.3 is 0 Å². The number of hydrogen-bond donors (Lipinski definition) is 2. The van der Waals surface area contributed by atoms with Crippen molar-refractivity contribution in [1.29, 1.82) is 0 Å². The van der Waals surface area contributed by atoms with E-state index in [-0.39, 0.29) is 17.7 Å². The fraction of sp³-hybridized carbons (Fsp3) is 0.429. The summed E-state index contributed by atoms with van der Waals surface area (Å²) in [6, 6.07) is 5.28. The highest BCUT2D eigenvalue weighted by molar-refractivity contribution is 6.02. The average Bonchev–Trinajstić information content (AvgIpc) is 2.75. The molecule has 2 amide bonds. The Morgan fingerprint density at radius 3 is 3.05 bits per heavy atom. The van der Waals surface area contributed by atoms with Crippen LogP contribution in [-0.2, 0) is 16.0 Å². The Morgan fingerprint density at radius 1 is 1.53 bits per heavy atom. The van der Waals surface area contributed by atoms with Crippen LogP contribution in [0.1, 0.15) is 22.8 Å².